The molecule has 1 heterocycles. The van der Waals surface area contributed by atoms with Crippen LogP contribution in [0.25, 0.3) is 0 Å². The summed E-state index contributed by atoms with van der Waals surface area (Å²) in [5, 5.41) is 9.06. The normalized spacial score (nSPS) is 22.3. The first kappa shape index (κ1) is 12.4. The Bertz CT molecular complexity index is 212. The van der Waals surface area contributed by atoms with E-state index in [0.717, 1.165) is 12.8 Å². The molecule has 5 nitrogen and oxygen atoms in total. The van der Waals surface area contributed by atoms with Crippen LogP contribution in [-0.2, 0) is 19.0 Å². The maximum atomic E-state index is 11.0. The fourth-order valence-electron chi connectivity index (χ4n) is 1.58. The summed E-state index contributed by atoms with van der Waals surface area (Å²) >= 11 is 0. The van der Waals surface area contributed by atoms with Crippen molar-refractivity contribution in [1.29, 1.82) is 0 Å². The third-order valence-electron chi connectivity index (χ3n) is 2.47. The summed E-state index contributed by atoms with van der Waals surface area (Å²) in [6, 6.07) is 0. The van der Waals surface area contributed by atoms with Crippen molar-refractivity contribution in [2.24, 2.45) is 0 Å². The lowest BCUT2D eigenvalue weighted by molar-refractivity contribution is -0.185. The predicted molar refractivity (Wildman–Crippen MR) is 52.8 cm³/mol. The minimum atomic E-state index is -1.25. The highest BCUT2D eigenvalue weighted by atomic mass is 16.6. The summed E-state index contributed by atoms with van der Waals surface area (Å²) in [5.74, 6) is -0.990. The number of rotatable bonds is 5. The van der Waals surface area contributed by atoms with Gasteiger partial charge >= 0.3 is 5.97 Å². The largest absolute Gasteiger partial charge is 0.479 e. The molecule has 0 spiro atoms. The fourth-order valence-corrected chi connectivity index (χ4v) is 1.58. The lowest BCUT2D eigenvalue weighted by Crippen LogP contribution is -2.46. The second-order valence-electron chi connectivity index (χ2n) is 3.90. The van der Waals surface area contributed by atoms with E-state index in [9.17, 15) is 4.79 Å². The van der Waals surface area contributed by atoms with Crippen LogP contribution >= 0.6 is 0 Å². The molecule has 0 aromatic rings. The van der Waals surface area contributed by atoms with E-state index in [1.165, 1.54) is 14.0 Å². The van der Waals surface area contributed by atoms with E-state index in [1.54, 1.807) is 0 Å². The number of carbonyl (C=O) groups is 1. The van der Waals surface area contributed by atoms with E-state index < -0.39 is 11.6 Å². The zero-order valence-electron chi connectivity index (χ0n) is 9.19. The molecular formula is C10H18O5. The zero-order valence-corrected chi connectivity index (χ0v) is 9.19. The van der Waals surface area contributed by atoms with Crippen molar-refractivity contribution >= 4 is 5.97 Å². The van der Waals surface area contributed by atoms with Gasteiger partial charge in [0.15, 0.2) is 5.60 Å². The van der Waals surface area contributed by atoms with Crippen molar-refractivity contribution < 1.29 is 24.1 Å². The summed E-state index contributed by atoms with van der Waals surface area (Å²) in [7, 11) is 1.47. The molecule has 1 rings (SSSR count). The van der Waals surface area contributed by atoms with Gasteiger partial charge in [-0.3, -0.25) is 0 Å². The maximum absolute atomic E-state index is 11.0. The lowest BCUT2D eigenvalue weighted by atomic mass is 10.1. The third kappa shape index (κ3) is 3.44. The Morgan fingerprint density at radius 2 is 2.13 bits per heavy atom. The lowest BCUT2D eigenvalue weighted by Gasteiger charge is -2.31. The Morgan fingerprint density at radius 1 is 1.53 bits per heavy atom. The molecule has 1 N–H and O–H groups in total. The highest BCUT2D eigenvalue weighted by Gasteiger charge is 2.37. The number of carboxylic acid groups (broad SMARTS) is 1. The first-order valence-electron chi connectivity index (χ1n) is 5.06. The van der Waals surface area contributed by atoms with E-state index >= 15 is 0 Å². The molecule has 15 heavy (non-hydrogen) atoms. The smallest absolute Gasteiger partial charge is 0.338 e. The predicted octanol–water partition coefficient (Wildman–Crippen LogP) is 0.672. The fraction of sp³-hybridized carbons (Fsp3) is 0.900. The maximum Gasteiger partial charge on any atom is 0.338 e. The van der Waals surface area contributed by atoms with Crippen LogP contribution in [0.1, 0.15) is 19.8 Å². The molecule has 0 radical (unpaired) electrons. The molecule has 5 heteroatoms. The van der Waals surface area contributed by atoms with Crippen LogP contribution in [0.2, 0.25) is 0 Å². The van der Waals surface area contributed by atoms with Crippen molar-refractivity contribution in [2.75, 3.05) is 26.9 Å². The monoisotopic (exact) mass is 218 g/mol. The van der Waals surface area contributed by atoms with Gasteiger partial charge in [0, 0.05) is 20.3 Å². The summed E-state index contributed by atoms with van der Waals surface area (Å²) < 4.78 is 15.6. The first-order valence-corrected chi connectivity index (χ1v) is 5.06. The number of methoxy groups -OCH3 is 1. The Balaban J connectivity index is 2.52. The third-order valence-corrected chi connectivity index (χ3v) is 2.47. The van der Waals surface area contributed by atoms with Crippen molar-refractivity contribution in [3.63, 3.8) is 0 Å². The van der Waals surface area contributed by atoms with Crippen LogP contribution in [0.4, 0.5) is 0 Å². The van der Waals surface area contributed by atoms with E-state index in [4.69, 9.17) is 19.3 Å². The second kappa shape index (κ2) is 5.44. The SMILES string of the molecule is COCC(C)(OC1CCOCC1)C(=O)O. The molecule has 1 aliphatic rings. The Morgan fingerprint density at radius 3 is 2.60 bits per heavy atom. The number of hydrogen-bond acceptors (Lipinski definition) is 4. The van der Waals surface area contributed by atoms with Crippen molar-refractivity contribution in [3.8, 4) is 0 Å². The van der Waals surface area contributed by atoms with E-state index in [2.05, 4.69) is 0 Å². The van der Waals surface area contributed by atoms with Crippen molar-refractivity contribution in [1.82, 2.24) is 0 Å². The zero-order chi connectivity index (χ0) is 11.3. The van der Waals surface area contributed by atoms with Gasteiger partial charge in [-0.05, 0) is 19.8 Å². The molecule has 1 aliphatic heterocycles. The molecular weight excluding hydrogens is 200 g/mol. The average molecular weight is 218 g/mol. The van der Waals surface area contributed by atoms with Gasteiger partial charge in [0.1, 0.15) is 0 Å². The van der Waals surface area contributed by atoms with E-state index in [-0.39, 0.29) is 12.7 Å². The van der Waals surface area contributed by atoms with E-state index in [0.29, 0.717) is 13.2 Å². The van der Waals surface area contributed by atoms with Gasteiger partial charge < -0.3 is 19.3 Å². The van der Waals surface area contributed by atoms with Gasteiger partial charge in [0.05, 0.1) is 12.7 Å². The molecule has 0 saturated carbocycles. The van der Waals surface area contributed by atoms with Gasteiger partial charge in [-0.1, -0.05) is 0 Å². The van der Waals surface area contributed by atoms with Gasteiger partial charge in [-0.2, -0.15) is 0 Å². The van der Waals surface area contributed by atoms with Crippen LogP contribution in [0.3, 0.4) is 0 Å². The Labute approximate surface area is 89.3 Å². The molecule has 0 amide bonds. The topological polar surface area (TPSA) is 65.0 Å². The molecule has 1 fully saturated rings. The number of carboxylic acids is 1. The Hall–Kier alpha value is -0.650. The van der Waals surface area contributed by atoms with Gasteiger partial charge in [0.2, 0.25) is 0 Å². The summed E-state index contributed by atoms with van der Waals surface area (Å²) in [5.41, 5.74) is -1.25. The Kier molecular flexibility index (Phi) is 4.50. The first-order chi connectivity index (χ1) is 7.08. The molecule has 0 aliphatic carbocycles. The molecule has 1 saturated heterocycles. The standard InChI is InChI=1S/C10H18O5/c1-10(7-13-2,9(11)12)15-8-3-5-14-6-4-8/h8H,3-7H2,1-2H3,(H,11,12). The van der Waals surface area contributed by atoms with Gasteiger partial charge in [-0.25, -0.2) is 4.79 Å². The minimum Gasteiger partial charge on any atom is -0.479 e. The molecule has 88 valence electrons. The van der Waals surface area contributed by atoms with Crippen LogP contribution in [0.5, 0.6) is 0 Å². The highest BCUT2D eigenvalue weighted by Crippen LogP contribution is 2.20. The number of aliphatic carboxylic acids is 1. The molecule has 0 bridgehead atoms. The van der Waals surface area contributed by atoms with Crippen LogP contribution in [0, 0.1) is 0 Å². The molecule has 1 unspecified atom stereocenters. The minimum absolute atomic E-state index is 0.0463. The summed E-state index contributed by atoms with van der Waals surface area (Å²) in [6.45, 7) is 2.86. The second-order valence-corrected chi connectivity index (χ2v) is 3.90. The van der Waals surface area contributed by atoms with Crippen molar-refractivity contribution in [2.45, 2.75) is 31.5 Å². The molecule has 0 aromatic carbocycles. The molecule has 1 atom stereocenters. The van der Waals surface area contributed by atoms with Crippen molar-refractivity contribution in [3.05, 3.63) is 0 Å². The summed E-state index contributed by atoms with van der Waals surface area (Å²) in [4.78, 5) is 11.0. The molecule has 0 aromatic heterocycles. The van der Waals surface area contributed by atoms with Crippen LogP contribution in [0.15, 0.2) is 0 Å². The van der Waals surface area contributed by atoms with Gasteiger partial charge in [-0.15, -0.1) is 0 Å². The summed E-state index contributed by atoms with van der Waals surface area (Å²) in [6.07, 6.45) is 1.44. The van der Waals surface area contributed by atoms with Crippen LogP contribution < -0.4 is 0 Å². The van der Waals surface area contributed by atoms with Gasteiger partial charge in [0.25, 0.3) is 0 Å². The number of hydrogen-bond donors (Lipinski definition) is 1. The van der Waals surface area contributed by atoms with Crippen LogP contribution in [-0.4, -0.2) is 49.7 Å². The highest BCUT2D eigenvalue weighted by molar-refractivity contribution is 5.77. The quantitative estimate of drug-likeness (QED) is 0.734. The van der Waals surface area contributed by atoms with E-state index in [1.807, 2.05) is 0 Å². The number of ether oxygens (including phenoxy) is 3. The average Bonchev–Trinajstić information content (AvgIpc) is 2.19.